The maximum atomic E-state index is 9.48. The second-order valence-electron chi connectivity index (χ2n) is 4.44. The number of allylic oxidation sites excluding steroid dienone is 2. The molecule has 0 saturated carbocycles. The molecule has 0 spiro atoms. The first-order chi connectivity index (χ1) is 9.51. The SMILES string of the molecule is C/C=C(\C)c1nc(C)c(CSc2ccc(O)c(O)c2)s1. The predicted octanol–water partition coefficient (Wildman–Crippen LogP) is 4.58. The van der Waals surface area contributed by atoms with Crippen LogP contribution in [0.15, 0.2) is 29.2 Å². The number of phenolic OH excluding ortho intramolecular Hbond substituents is 2. The highest BCUT2D eigenvalue weighted by Gasteiger charge is 2.09. The Morgan fingerprint density at radius 3 is 2.75 bits per heavy atom. The van der Waals surface area contributed by atoms with Gasteiger partial charge < -0.3 is 10.2 Å². The minimum atomic E-state index is -0.0886. The maximum absolute atomic E-state index is 9.48. The third-order valence-electron chi connectivity index (χ3n) is 2.98. The molecule has 0 atom stereocenters. The van der Waals surface area contributed by atoms with Crippen molar-refractivity contribution in [2.45, 2.75) is 31.4 Å². The number of benzene rings is 1. The summed E-state index contributed by atoms with van der Waals surface area (Å²) >= 11 is 3.33. The van der Waals surface area contributed by atoms with Gasteiger partial charge in [-0.2, -0.15) is 0 Å². The molecule has 0 bridgehead atoms. The molecular weight excluding hydrogens is 290 g/mol. The van der Waals surface area contributed by atoms with Gasteiger partial charge in [-0.15, -0.1) is 23.1 Å². The summed E-state index contributed by atoms with van der Waals surface area (Å²) in [6.45, 7) is 6.10. The van der Waals surface area contributed by atoms with E-state index in [0.717, 1.165) is 21.3 Å². The standard InChI is InChI=1S/C15H17NO2S2/c1-4-9(2)15-16-10(3)14(20-15)8-19-11-5-6-12(17)13(18)7-11/h4-7,17-18H,8H2,1-3H3/b9-4+. The van der Waals surface area contributed by atoms with E-state index < -0.39 is 0 Å². The summed E-state index contributed by atoms with van der Waals surface area (Å²) in [5, 5.41) is 19.8. The van der Waals surface area contributed by atoms with Crippen LogP contribution in [0.5, 0.6) is 11.5 Å². The smallest absolute Gasteiger partial charge is 0.158 e. The minimum absolute atomic E-state index is 0.0820. The molecule has 0 radical (unpaired) electrons. The average Bonchev–Trinajstić information content (AvgIpc) is 2.80. The lowest BCUT2D eigenvalue weighted by Gasteiger charge is -2.02. The van der Waals surface area contributed by atoms with Gasteiger partial charge in [-0.1, -0.05) is 6.08 Å². The molecule has 5 heteroatoms. The summed E-state index contributed by atoms with van der Waals surface area (Å²) < 4.78 is 0. The van der Waals surface area contributed by atoms with E-state index in [0.29, 0.717) is 0 Å². The molecule has 1 aromatic carbocycles. The Morgan fingerprint density at radius 2 is 2.10 bits per heavy atom. The number of thioether (sulfide) groups is 1. The Bertz CT molecular complexity index is 647. The first-order valence-electron chi connectivity index (χ1n) is 6.25. The van der Waals surface area contributed by atoms with E-state index in [4.69, 9.17) is 0 Å². The lowest BCUT2D eigenvalue weighted by molar-refractivity contribution is 0.402. The van der Waals surface area contributed by atoms with Gasteiger partial charge in [0.05, 0.1) is 5.69 Å². The van der Waals surface area contributed by atoms with Crippen LogP contribution in [0.3, 0.4) is 0 Å². The van der Waals surface area contributed by atoms with Gasteiger partial charge in [-0.3, -0.25) is 0 Å². The molecule has 0 unspecified atom stereocenters. The van der Waals surface area contributed by atoms with E-state index >= 15 is 0 Å². The first kappa shape index (κ1) is 14.9. The fourth-order valence-electron chi connectivity index (χ4n) is 1.60. The number of phenols is 2. The molecule has 0 aliphatic rings. The molecule has 106 valence electrons. The Balaban J connectivity index is 2.11. The number of thiazole rings is 1. The van der Waals surface area contributed by atoms with Crippen LogP contribution in [0.2, 0.25) is 0 Å². The largest absolute Gasteiger partial charge is 0.504 e. The van der Waals surface area contributed by atoms with Crippen molar-refractivity contribution >= 4 is 28.7 Å². The van der Waals surface area contributed by atoms with Gasteiger partial charge in [0.25, 0.3) is 0 Å². The Hall–Kier alpha value is -1.46. The van der Waals surface area contributed by atoms with Gasteiger partial charge in [0, 0.05) is 15.5 Å². The molecule has 20 heavy (non-hydrogen) atoms. The maximum Gasteiger partial charge on any atom is 0.158 e. The third-order valence-corrected chi connectivity index (χ3v) is 5.48. The van der Waals surface area contributed by atoms with Crippen LogP contribution in [-0.2, 0) is 5.75 Å². The first-order valence-corrected chi connectivity index (χ1v) is 8.06. The highest BCUT2D eigenvalue weighted by molar-refractivity contribution is 7.98. The summed E-state index contributed by atoms with van der Waals surface area (Å²) in [5.41, 5.74) is 2.25. The van der Waals surface area contributed by atoms with Crippen LogP contribution in [0.4, 0.5) is 0 Å². The topological polar surface area (TPSA) is 53.4 Å². The molecule has 1 heterocycles. The summed E-state index contributed by atoms with van der Waals surface area (Å²) in [4.78, 5) is 6.74. The van der Waals surface area contributed by atoms with Gasteiger partial charge in [0.2, 0.25) is 0 Å². The van der Waals surface area contributed by atoms with Crippen molar-refractivity contribution in [2.75, 3.05) is 0 Å². The van der Waals surface area contributed by atoms with Crippen molar-refractivity contribution in [1.29, 1.82) is 0 Å². The number of rotatable bonds is 4. The van der Waals surface area contributed by atoms with E-state index in [1.165, 1.54) is 16.5 Å². The second-order valence-corrected chi connectivity index (χ2v) is 6.57. The van der Waals surface area contributed by atoms with E-state index in [-0.39, 0.29) is 11.5 Å². The van der Waals surface area contributed by atoms with E-state index in [2.05, 4.69) is 18.0 Å². The van der Waals surface area contributed by atoms with Crippen LogP contribution in [-0.4, -0.2) is 15.2 Å². The fourth-order valence-corrected chi connectivity index (χ4v) is 3.76. The molecule has 2 rings (SSSR count). The fraction of sp³-hybridized carbons (Fsp3) is 0.267. The van der Waals surface area contributed by atoms with E-state index in [1.54, 1.807) is 35.2 Å². The Kier molecular flexibility index (Phi) is 4.73. The van der Waals surface area contributed by atoms with Crippen LogP contribution in [0.25, 0.3) is 5.57 Å². The molecule has 0 fully saturated rings. The van der Waals surface area contributed by atoms with E-state index in [9.17, 15) is 10.2 Å². The number of aromatic nitrogens is 1. The molecule has 0 aliphatic heterocycles. The third kappa shape index (κ3) is 3.35. The normalized spacial score (nSPS) is 11.8. The summed E-state index contributed by atoms with van der Waals surface area (Å²) in [6.07, 6.45) is 2.06. The lowest BCUT2D eigenvalue weighted by Crippen LogP contribution is -1.81. The average molecular weight is 307 g/mol. The molecule has 3 nitrogen and oxygen atoms in total. The highest BCUT2D eigenvalue weighted by atomic mass is 32.2. The van der Waals surface area contributed by atoms with Gasteiger partial charge in [0.15, 0.2) is 11.5 Å². The number of hydrogen-bond donors (Lipinski definition) is 2. The van der Waals surface area contributed by atoms with E-state index in [1.807, 2.05) is 13.8 Å². The monoisotopic (exact) mass is 307 g/mol. The molecule has 2 N–H and O–H groups in total. The predicted molar refractivity (Wildman–Crippen MR) is 85.5 cm³/mol. The molecule has 0 saturated heterocycles. The molecule has 2 aromatic rings. The molecule has 0 amide bonds. The van der Waals surface area contributed by atoms with Crippen molar-refractivity contribution in [3.8, 4) is 11.5 Å². The molecule has 1 aromatic heterocycles. The summed E-state index contributed by atoms with van der Waals surface area (Å²) in [5.74, 6) is 0.640. The Labute approximate surface area is 127 Å². The van der Waals surface area contributed by atoms with Gasteiger partial charge in [-0.25, -0.2) is 4.98 Å². The van der Waals surface area contributed by atoms with Crippen molar-refractivity contribution in [3.05, 3.63) is 39.9 Å². The van der Waals surface area contributed by atoms with Gasteiger partial charge >= 0.3 is 0 Å². The quantitative estimate of drug-likeness (QED) is 0.641. The zero-order chi connectivity index (χ0) is 14.7. The minimum Gasteiger partial charge on any atom is -0.504 e. The van der Waals surface area contributed by atoms with Gasteiger partial charge in [0.1, 0.15) is 5.01 Å². The zero-order valence-electron chi connectivity index (χ0n) is 11.7. The molecular formula is C15H17NO2S2. The number of aryl methyl sites for hydroxylation is 1. The number of hydrogen-bond acceptors (Lipinski definition) is 5. The van der Waals surface area contributed by atoms with Crippen LogP contribution >= 0.6 is 23.1 Å². The van der Waals surface area contributed by atoms with Crippen LogP contribution in [0.1, 0.15) is 29.4 Å². The molecule has 0 aliphatic carbocycles. The Morgan fingerprint density at radius 1 is 1.35 bits per heavy atom. The second kappa shape index (κ2) is 6.33. The highest BCUT2D eigenvalue weighted by Crippen LogP contribution is 2.34. The number of nitrogens with zero attached hydrogens (tertiary/aromatic N) is 1. The summed E-state index contributed by atoms with van der Waals surface area (Å²) in [7, 11) is 0. The number of aromatic hydroxyl groups is 2. The van der Waals surface area contributed by atoms with Gasteiger partial charge in [-0.05, 0) is 44.5 Å². The van der Waals surface area contributed by atoms with Crippen LogP contribution in [0, 0.1) is 6.92 Å². The van der Waals surface area contributed by atoms with Crippen molar-refractivity contribution in [3.63, 3.8) is 0 Å². The lowest BCUT2D eigenvalue weighted by atomic mass is 10.3. The van der Waals surface area contributed by atoms with Crippen molar-refractivity contribution in [2.24, 2.45) is 0 Å². The van der Waals surface area contributed by atoms with Crippen molar-refractivity contribution in [1.82, 2.24) is 4.98 Å². The summed E-state index contributed by atoms with van der Waals surface area (Å²) in [6, 6.07) is 4.88. The van der Waals surface area contributed by atoms with Crippen molar-refractivity contribution < 1.29 is 10.2 Å². The van der Waals surface area contributed by atoms with Crippen LogP contribution < -0.4 is 0 Å². The zero-order valence-corrected chi connectivity index (χ0v) is 13.3.